The highest BCUT2D eigenvalue weighted by Gasteiger charge is 2.20. The third kappa shape index (κ3) is 2.36. The first-order chi connectivity index (χ1) is 8.11. The fourth-order valence-electron chi connectivity index (χ4n) is 2.42. The van der Waals surface area contributed by atoms with Crippen molar-refractivity contribution in [3.8, 4) is 0 Å². The van der Waals surface area contributed by atoms with E-state index in [1.165, 1.54) is 11.3 Å². The first kappa shape index (κ1) is 12.2. The van der Waals surface area contributed by atoms with Gasteiger partial charge in [0.15, 0.2) is 0 Å². The second kappa shape index (κ2) is 4.91. The molecule has 1 aromatic rings. The van der Waals surface area contributed by atoms with Crippen LogP contribution in [0.4, 0.5) is 5.69 Å². The number of pyridine rings is 1. The average molecular weight is 230 g/mol. The maximum Gasteiger partial charge on any atom is 0.0862 e. The molecule has 0 saturated carbocycles. The lowest BCUT2D eigenvalue weighted by molar-refractivity contribution is 0.677. The van der Waals surface area contributed by atoms with Crippen LogP contribution in [-0.4, -0.2) is 17.6 Å². The molecule has 0 aliphatic carbocycles. The lowest BCUT2D eigenvalue weighted by Crippen LogP contribution is -2.32. The molecule has 0 unspecified atom stereocenters. The Morgan fingerprint density at radius 2 is 2.00 bits per heavy atom. The first-order valence-corrected chi connectivity index (χ1v) is 6.53. The number of hydrogen-bond acceptors (Lipinski definition) is 2. The molecule has 0 spiro atoms. The van der Waals surface area contributed by atoms with Gasteiger partial charge in [-0.3, -0.25) is 4.98 Å². The first-order valence-electron chi connectivity index (χ1n) is 6.53. The third-order valence-corrected chi connectivity index (χ3v) is 3.33. The molecule has 2 heterocycles. The van der Waals surface area contributed by atoms with E-state index in [0.717, 1.165) is 18.7 Å². The van der Waals surface area contributed by atoms with Gasteiger partial charge in [-0.05, 0) is 43.9 Å². The molecule has 0 N–H and O–H groups in total. The van der Waals surface area contributed by atoms with E-state index in [-0.39, 0.29) is 0 Å². The quantitative estimate of drug-likeness (QED) is 0.767. The highest BCUT2D eigenvalue weighted by molar-refractivity contribution is 5.70. The summed E-state index contributed by atoms with van der Waals surface area (Å²) >= 11 is 0. The maximum absolute atomic E-state index is 4.53. The van der Waals surface area contributed by atoms with Crippen LogP contribution in [0.2, 0.25) is 0 Å². The van der Waals surface area contributed by atoms with Crippen LogP contribution in [0.3, 0.4) is 0 Å². The van der Waals surface area contributed by atoms with E-state index in [9.17, 15) is 0 Å². The SMILES string of the molecule is CC(C)c1ccnc2c1N(C(C)C)CCC=C2. The van der Waals surface area contributed by atoms with Crippen molar-refractivity contribution >= 4 is 11.8 Å². The normalized spacial score (nSPS) is 15.3. The number of hydrogen-bond donors (Lipinski definition) is 0. The summed E-state index contributed by atoms with van der Waals surface area (Å²) in [5.41, 5.74) is 3.88. The summed E-state index contributed by atoms with van der Waals surface area (Å²) in [6.07, 6.45) is 7.44. The molecule has 17 heavy (non-hydrogen) atoms. The van der Waals surface area contributed by atoms with Crippen molar-refractivity contribution in [3.63, 3.8) is 0 Å². The van der Waals surface area contributed by atoms with Gasteiger partial charge in [0.05, 0.1) is 11.4 Å². The van der Waals surface area contributed by atoms with Crippen LogP contribution in [0.25, 0.3) is 6.08 Å². The summed E-state index contributed by atoms with van der Waals surface area (Å²) in [4.78, 5) is 7.01. The Morgan fingerprint density at radius 1 is 1.24 bits per heavy atom. The molecule has 2 heteroatoms. The second-order valence-corrected chi connectivity index (χ2v) is 5.27. The molecule has 1 aliphatic heterocycles. The summed E-state index contributed by atoms with van der Waals surface area (Å²) in [6.45, 7) is 10.1. The fourth-order valence-corrected chi connectivity index (χ4v) is 2.42. The molecule has 2 rings (SSSR count). The minimum Gasteiger partial charge on any atom is -0.367 e. The van der Waals surface area contributed by atoms with Crippen molar-refractivity contribution in [2.45, 2.75) is 46.1 Å². The monoisotopic (exact) mass is 230 g/mol. The van der Waals surface area contributed by atoms with Gasteiger partial charge in [-0.15, -0.1) is 0 Å². The number of aromatic nitrogens is 1. The van der Waals surface area contributed by atoms with E-state index in [1.807, 2.05) is 6.20 Å². The van der Waals surface area contributed by atoms with Crippen LogP contribution < -0.4 is 4.90 Å². The zero-order valence-corrected chi connectivity index (χ0v) is 11.3. The van der Waals surface area contributed by atoms with E-state index >= 15 is 0 Å². The zero-order valence-electron chi connectivity index (χ0n) is 11.3. The van der Waals surface area contributed by atoms with Gasteiger partial charge in [0.2, 0.25) is 0 Å². The Kier molecular flexibility index (Phi) is 3.51. The Morgan fingerprint density at radius 3 is 2.65 bits per heavy atom. The highest BCUT2D eigenvalue weighted by Crippen LogP contribution is 2.33. The van der Waals surface area contributed by atoms with Gasteiger partial charge in [0.1, 0.15) is 0 Å². The molecule has 2 nitrogen and oxygen atoms in total. The minimum atomic E-state index is 0.523. The topological polar surface area (TPSA) is 16.1 Å². The van der Waals surface area contributed by atoms with Gasteiger partial charge < -0.3 is 4.90 Å². The van der Waals surface area contributed by atoms with Crippen molar-refractivity contribution < 1.29 is 0 Å². The predicted octanol–water partition coefficient (Wildman–Crippen LogP) is 3.84. The van der Waals surface area contributed by atoms with Gasteiger partial charge in [0, 0.05) is 18.8 Å². The highest BCUT2D eigenvalue weighted by atomic mass is 15.2. The fraction of sp³-hybridized carbons (Fsp3) is 0.533. The molecule has 0 saturated heterocycles. The van der Waals surface area contributed by atoms with E-state index in [2.05, 4.69) is 55.8 Å². The summed E-state index contributed by atoms with van der Waals surface area (Å²) in [6, 6.07) is 2.69. The molecule has 92 valence electrons. The molecular weight excluding hydrogens is 208 g/mol. The Hall–Kier alpha value is -1.31. The summed E-state index contributed by atoms with van der Waals surface area (Å²) < 4.78 is 0. The molecule has 0 aromatic carbocycles. The van der Waals surface area contributed by atoms with Crippen LogP contribution in [0.5, 0.6) is 0 Å². The Bertz CT molecular complexity index is 419. The van der Waals surface area contributed by atoms with Crippen LogP contribution in [0, 0.1) is 0 Å². The molecule has 0 atom stereocenters. The zero-order chi connectivity index (χ0) is 12.4. The smallest absolute Gasteiger partial charge is 0.0862 e. The largest absolute Gasteiger partial charge is 0.367 e. The van der Waals surface area contributed by atoms with Crippen molar-refractivity contribution in [1.29, 1.82) is 0 Å². The molecule has 1 aromatic heterocycles. The third-order valence-electron chi connectivity index (χ3n) is 3.33. The van der Waals surface area contributed by atoms with Crippen LogP contribution >= 0.6 is 0 Å². The lowest BCUT2D eigenvalue weighted by atomic mass is 9.99. The molecule has 0 fully saturated rings. The van der Waals surface area contributed by atoms with Crippen LogP contribution in [0.1, 0.15) is 51.3 Å². The maximum atomic E-state index is 4.53. The Balaban J connectivity index is 2.57. The number of fused-ring (bicyclic) bond motifs is 1. The van der Waals surface area contributed by atoms with E-state index in [4.69, 9.17) is 0 Å². The number of rotatable bonds is 2. The summed E-state index contributed by atoms with van der Waals surface area (Å²) in [5.74, 6) is 0.541. The van der Waals surface area contributed by atoms with Crippen molar-refractivity contribution in [2.24, 2.45) is 0 Å². The second-order valence-electron chi connectivity index (χ2n) is 5.27. The Labute approximate surface area is 104 Å². The predicted molar refractivity (Wildman–Crippen MR) is 74.5 cm³/mol. The summed E-state index contributed by atoms with van der Waals surface area (Å²) in [7, 11) is 0. The number of anilines is 1. The molecular formula is C15H22N2. The van der Waals surface area contributed by atoms with Gasteiger partial charge in [-0.25, -0.2) is 0 Å². The van der Waals surface area contributed by atoms with Crippen molar-refractivity contribution in [2.75, 3.05) is 11.4 Å². The minimum absolute atomic E-state index is 0.523. The van der Waals surface area contributed by atoms with Crippen molar-refractivity contribution in [1.82, 2.24) is 4.98 Å². The molecule has 1 aliphatic rings. The van der Waals surface area contributed by atoms with Gasteiger partial charge in [-0.1, -0.05) is 19.9 Å². The van der Waals surface area contributed by atoms with E-state index in [0.29, 0.717) is 12.0 Å². The molecule has 0 radical (unpaired) electrons. The van der Waals surface area contributed by atoms with Gasteiger partial charge in [0.25, 0.3) is 0 Å². The number of nitrogens with zero attached hydrogens (tertiary/aromatic N) is 2. The molecule has 0 bridgehead atoms. The van der Waals surface area contributed by atoms with E-state index < -0.39 is 0 Å². The van der Waals surface area contributed by atoms with Gasteiger partial charge in [-0.2, -0.15) is 0 Å². The molecule has 0 amide bonds. The van der Waals surface area contributed by atoms with Crippen LogP contribution in [0.15, 0.2) is 18.3 Å². The van der Waals surface area contributed by atoms with Crippen LogP contribution in [-0.2, 0) is 0 Å². The summed E-state index contributed by atoms with van der Waals surface area (Å²) in [5, 5.41) is 0. The average Bonchev–Trinajstić information content (AvgIpc) is 2.50. The lowest BCUT2D eigenvalue weighted by Gasteiger charge is -2.31. The van der Waals surface area contributed by atoms with Gasteiger partial charge >= 0.3 is 0 Å². The standard InChI is InChI=1S/C15H22N2/c1-11(2)13-8-9-16-14-7-5-6-10-17(12(3)4)15(13)14/h5,7-9,11-12H,6,10H2,1-4H3. The van der Waals surface area contributed by atoms with Crippen molar-refractivity contribution in [3.05, 3.63) is 29.6 Å². The van der Waals surface area contributed by atoms with E-state index in [1.54, 1.807) is 0 Å².